The van der Waals surface area contributed by atoms with Crippen LogP contribution in [0.2, 0.25) is 0 Å². The van der Waals surface area contributed by atoms with Crippen LogP contribution in [0.3, 0.4) is 0 Å². The quantitative estimate of drug-likeness (QED) is 0.368. The summed E-state index contributed by atoms with van der Waals surface area (Å²) in [5, 5.41) is 10.1. The summed E-state index contributed by atoms with van der Waals surface area (Å²) in [5.74, 6) is -0.678. The van der Waals surface area contributed by atoms with Gasteiger partial charge >= 0.3 is 5.97 Å². The lowest BCUT2D eigenvalue weighted by Crippen LogP contribution is -2.39. The van der Waals surface area contributed by atoms with E-state index in [0.717, 1.165) is 0 Å². The number of benzene rings is 2. The fourth-order valence-corrected chi connectivity index (χ4v) is 6.39. The van der Waals surface area contributed by atoms with Crippen LogP contribution in [0.1, 0.15) is 40.2 Å². The third kappa shape index (κ3) is 5.10. The second-order valence-corrected chi connectivity index (χ2v) is 11.5. The zero-order valence-electron chi connectivity index (χ0n) is 21.7. The summed E-state index contributed by atoms with van der Waals surface area (Å²) in [5.41, 5.74) is 2.30. The van der Waals surface area contributed by atoms with Crippen LogP contribution in [-0.2, 0) is 21.2 Å². The van der Waals surface area contributed by atoms with E-state index in [-0.39, 0.29) is 41.1 Å². The summed E-state index contributed by atoms with van der Waals surface area (Å²) >= 11 is 0. The predicted octanol–water partition coefficient (Wildman–Crippen LogP) is 3.22. The fraction of sp³-hybridized carbons (Fsp3) is 0.276. The van der Waals surface area contributed by atoms with Gasteiger partial charge in [-0.05, 0) is 61.7 Å². The molecule has 1 saturated heterocycles. The van der Waals surface area contributed by atoms with Crippen molar-refractivity contribution < 1.29 is 23.1 Å². The molecule has 1 N–H and O–H groups in total. The Labute approximate surface area is 226 Å². The van der Waals surface area contributed by atoms with Crippen LogP contribution in [0.5, 0.6) is 0 Å². The van der Waals surface area contributed by atoms with Crippen molar-refractivity contribution in [2.45, 2.75) is 37.2 Å². The number of aliphatic hydroxyl groups is 1. The van der Waals surface area contributed by atoms with Crippen LogP contribution in [0.4, 0.5) is 0 Å². The summed E-state index contributed by atoms with van der Waals surface area (Å²) in [7, 11) is -2.45. The monoisotopic (exact) mass is 547 g/mol. The van der Waals surface area contributed by atoms with Gasteiger partial charge in [-0.15, -0.1) is 0 Å². The van der Waals surface area contributed by atoms with Gasteiger partial charge in [0.05, 0.1) is 23.5 Å². The van der Waals surface area contributed by atoms with Crippen molar-refractivity contribution in [1.29, 1.82) is 0 Å². The van der Waals surface area contributed by atoms with E-state index in [9.17, 15) is 23.1 Å². The van der Waals surface area contributed by atoms with Gasteiger partial charge in [-0.3, -0.25) is 9.36 Å². The Morgan fingerprint density at radius 2 is 1.69 bits per heavy atom. The maximum absolute atomic E-state index is 13.7. The Morgan fingerprint density at radius 1 is 1.03 bits per heavy atom. The highest BCUT2D eigenvalue weighted by molar-refractivity contribution is 7.89. The minimum absolute atomic E-state index is 0.0721. The molecule has 0 radical (unpaired) electrons. The number of fused-ring (bicyclic) bond motifs is 1. The number of aryl methyl sites for hydroxylation is 1. The second kappa shape index (κ2) is 10.7. The molecule has 1 aliphatic heterocycles. The van der Waals surface area contributed by atoms with E-state index < -0.39 is 22.1 Å². The number of aliphatic hydroxyl groups excluding tert-OH is 1. The summed E-state index contributed by atoms with van der Waals surface area (Å²) < 4.78 is 34.3. The molecule has 0 saturated carbocycles. The highest BCUT2D eigenvalue weighted by Crippen LogP contribution is 2.25. The zero-order valence-corrected chi connectivity index (χ0v) is 22.5. The number of nitrogens with zero attached hydrogens (tertiary/aromatic N) is 3. The normalized spacial score (nSPS) is 14.9. The molecule has 10 heteroatoms. The highest BCUT2D eigenvalue weighted by Gasteiger charge is 2.29. The molecule has 202 valence electrons. The van der Waals surface area contributed by atoms with Crippen LogP contribution in [0, 0.1) is 6.92 Å². The zero-order chi connectivity index (χ0) is 27.7. The first-order chi connectivity index (χ1) is 18.7. The van der Waals surface area contributed by atoms with Crippen LogP contribution in [-0.4, -0.2) is 59.7 Å². The lowest BCUT2D eigenvalue weighted by Gasteiger charge is -2.28. The smallest absolute Gasteiger partial charge is 0.355 e. The topological polar surface area (TPSA) is 119 Å². The molecule has 0 bridgehead atoms. The number of carbonyl (C=O) groups excluding carboxylic acids is 1. The molecule has 0 unspecified atom stereocenters. The van der Waals surface area contributed by atoms with Crippen molar-refractivity contribution in [2.75, 3.05) is 20.2 Å². The van der Waals surface area contributed by atoms with Gasteiger partial charge in [0, 0.05) is 36.5 Å². The number of piperidine rings is 1. The Hall–Kier alpha value is -3.86. The number of hydrogen-bond donors (Lipinski definition) is 1. The van der Waals surface area contributed by atoms with Gasteiger partial charge in [-0.2, -0.15) is 4.31 Å². The molecule has 4 aromatic rings. The third-order valence-electron chi connectivity index (χ3n) is 7.01. The standard InChI is InChI=1S/C29H29N3O6S/c1-19-8-13-24-27(34)25(26(29(35)38-2)32(28(24)30-19)21-6-4-3-5-7-21)18-20-9-11-23(12-10-20)39(36,37)31-16-14-22(33)15-17-31/h3-13,22,33H,14-18H2,1-2H3. The average Bonchev–Trinajstić information content (AvgIpc) is 2.94. The van der Waals surface area contributed by atoms with Gasteiger partial charge < -0.3 is 9.84 Å². The largest absolute Gasteiger partial charge is 0.464 e. The molecule has 0 aliphatic carbocycles. The molecule has 0 amide bonds. The highest BCUT2D eigenvalue weighted by atomic mass is 32.2. The van der Waals surface area contributed by atoms with Crippen LogP contribution < -0.4 is 5.43 Å². The minimum atomic E-state index is -3.71. The van der Waals surface area contributed by atoms with Crippen molar-refractivity contribution in [2.24, 2.45) is 0 Å². The Morgan fingerprint density at radius 3 is 2.33 bits per heavy atom. The predicted molar refractivity (Wildman–Crippen MR) is 147 cm³/mol. The summed E-state index contributed by atoms with van der Waals surface area (Å²) in [6.45, 7) is 2.33. The lowest BCUT2D eigenvalue weighted by atomic mass is 10.00. The van der Waals surface area contributed by atoms with Crippen molar-refractivity contribution in [3.05, 3.63) is 99.5 Å². The summed E-state index contributed by atoms with van der Waals surface area (Å²) in [6, 6.07) is 18.9. The lowest BCUT2D eigenvalue weighted by molar-refractivity contribution is 0.0589. The van der Waals surface area contributed by atoms with Gasteiger partial charge in [-0.25, -0.2) is 18.2 Å². The summed E-state index contributed by atoms with van der Waals surface area (Å²) in [6.07, 6.45) is 0.398. The van der Waals surface area contributed by atoms with Gasteiger partial charge in [0.1, 0.15) is 11.3 Å². The van der Waals surface area contributed by atoms with E-state index in [4.69, 9.17) is 4.74 Å². The van der Waals surface area contributed by atoms with Crippen molar-refractivity contribution in [1.82, 2.24) is 13.9 Å². The molecule has 1 aliphatic rings. The fourth-order valence-electron chi connectivity index (χ4n) is 4.92. The van der Waals surface area contributed by atoms with E-state index in [1.54, 1.807) is 28.8 Å². The Balaban J connectivity index is 1.61. The first-order valence-corrected chi connectivity index (χ1v) is 14.1. The molecular formula is C29H29N3O6S. The van der Waals surface area contributed by atoms with E-state index in [2.05, 4.69) is 4.98 Å². The minimum Gasteiger partial charge on any atom is -0.464 e. The molecule has 0 spiro atoms. The maximum atomic E-state index is 13.7. The molecule has 2 aromatic carbocycles. The Kier molecular flexibility index (Phi) is 7.35. The van der Waals surface area contributed by atoms with Crippen LogP contribution in [0.15, 0.2) is 76.4 Å². The van der Waals surface area contributed by atoms with Crippen molar-refractivity contribution in [3.63, 3.8) is 0 Å². The Bertz CT molecular complexity index is 1690. The first kappa shape index (κ1) is 26.7. The number of aromatic nitrogens is 2. The number of ether oxygens (including phenoxy) is 1. The average molecular weight is 548 g/mol. The molecule has 3 heterocycles. The molecule has 5 rings (SSSR count). The number of carbonyl (C=O) groups is 1. The second-order valence-electron chi connectivity index (χ2n) is 9.60. The molecular weight excluding hydrogens is 518 g/mol. The van der Waals surface area contributed by atoms with Crippen molar-refractivity contribution in [3.8, 4) is 5.69 Å². The van der Waals surface area contributed by atoms with E-state index in [0.29, 0.717) is 40.8 Å². The third-order valence-corrected chi connectivity index (χ3v) is 8.93. The first-order valence-electron chi connectivity index (χ1n) is 12.7. The number of para-hydroxylation sites is 1. The molecule has 9 nitrogen and oxygen atoms in total. The van der Waals surface area contributed by atoms with Crippen LogP contribution in [0.25, 0.3) is 16.7 Å². The SMILES string of the molecule is COC(=O)c1c(Cc2ccc(S(=O)(=O)N3CCC(O)CC3)cc2)c(=O)c2ccc(C)nc2n1-c1ccccc1. The summed E-state index contributed by atoms with van der Waals surface area (Å²) in [4.78, 5) is 31.6. The van der Waals surface area contributed by atoms with Crippen LogP contribution >= 0.6 is 0 Å². The number of sulfonamides is 1. The van der Waals surface area contributed by atoms with Gasteiger partial charge in [0.15, 0.2) is 5.43 Å². The van der Waals surface area contributed by atoms with E-state index >= 15 is 0 Å². The molecule has 39 heavy (non-hydrogen) atoms. The van der Waals surface area contributed by atoms with E-state index in [1.807, 2.05) is 37.3 Å². The molecule has 1 fully saturated rings. The number of hydrogen-bond acceptors (Lipinski definition) is 7. The van der Waals surface area contributed by atoms with Gasteiger partial charge in [-0.1, -0.05) is 30.3 Å². The number of esters is 1. The number of rotatable bonds is 6. The number of methoxy groups -OCH3 is 1. The number of pyridine rings is 2. The van der Waals surface area contributed by atoms with Crippen molar-refractivity contribution >= 4 is 27.0 Å². The maximum Gasteiger partial charge on any atom is 0.355 e. The van der Waals surface area contributed by atoms with Gasteiger partial charge in [0.25, 0.3) is 0 Å². The molecule has 2 aromatic heterocycles. The van der Waals surface area contributed by atoms with E-state index in [1.165, 1.54) is 23.5 Å². The van der Waals surface area contributed by atoms with Gasteiger partial charge in [0.2, 0.25) is 10.0 Å². The molecule has 0 atom stereocenters.